The highest BCUT2D eigenvalue weighted by molar-refractivity contribution is 8.13. The van der Waals surface area contributed by atoms with Crippen molar-refractivity contribution in [2.45, 2.75) is 19.4 Å². The molecule has 1 atom stereocenters. The van der Waals surface area contributed by atoms with Gasteiger partial charge in [0.1, 0.15) is 11.9 Å². The molecular formula is C16H24ClFN2O5S. The van der Waals surface area contributed by atoms with Crippen LogP contribution in [0.4, 0.5) is 20.6 Å². The van der Waals surface area contributed by atoms with E-state index >= 15 is 0 Å². The highest BCUT2D eigenvalue weighted by Crippen LogP contribution is 2.27. The lowest BCUT2D eigenvalue weighted by atomic mass is 10.2. The minimum absolute atomic E-state index is 0.312. The van der Waals surface area contributed by atoms with Crippen LogP contribution in [-0.2, 0) is 18.5 Å². The molecule has 26 heavy (non-hydrogen) atoms. The summed E-state index contributed by atoms with van der Waals surface area (Å²) in [5.74, 6) is -0.341. The maximum Gasteiger partial charge on any atom is 0.414 e. The summed E-state index contributed by atoms with van der Waals surface area (Å²) >= 11 is 0. The van der Waals surface area contributed by atoms with Crippen molar-refractivity contribution in [2.24, 2.45) is 0 Å². The Morgan fingerprint density at radius 3 is 2.58 bits per heavy atom. The SMILES string of the molecule is CCCN(C)c1ccc(N2C[C@H](COC)OC2=O)cc1F.CS(=O)(=O)Cl. The quantitative estimate of drug-likeness (QED) is 0.671. The predicted molar refractivity (Wildman–Crippen MR) is 100 cm³/mol. The fourth-order valence-corrected chi connectivity index (χ4v) is 2.43. The molecule has 1 aromatic carbocycles. The number of anilines is 2. The number of benzene rings is 1. The van der Waals surface area contributed by atoms with Crippen molar-refractivity contribution in [1.82, 2.24) is 0 Å². The molecule has 1 saturated heterocycles. The summed E-state index contributed by atoms with van der Waals surface area (Å²) in [5.41, 5.74) is 1.03. The highest BCUT2D eigenvalue weighted by Gasteiger charge is 2.32. The summed E-state index contributed by atoms with van der Waals surface area (Å²) in [6.45, 7) is 3.52. The predicted octanol–water partition coefficient (Wildman–Crippen LogP) is 2.83. The maximum atomic E-state index is 14.2. The molecule has 0 aliphatic carbocycles. The summed E-state index contributed by atoms with van der Waals surface area (Å²) < 4.78 is 43.1. The van der Waals surface area contributed by atoms with Crippen molar-refractivity contribution in [3.8, 4) is 0 Å². The van der Waals surface area contributed by atoms with E-state index < -0.39 is 15.1 Å². The van der Waals surface area contributed by atoms with E-state index in [-0.39, 0.29) is 11.9 Å². The van der Waals surface area contributed by atoms with Gasteiger partial charge in [-0.1, -0.05) is 6.92 Å². The lowest BCUT2D eigenvalue weighted by Crippen LogP contribution is -2.26. The number of carbonyl (C=O) groups excluding carboxylic acids is 1. The molecule has 148 valence electrons. The van der Waals surface area contributed by atoms with E-state index in [4.69, 9.17) is 9.47 Å². The number of amides is 1. The number of carbonyl (C=O) groups is 1. The first-order valence-corrected chi connectivity index (χ1v) is 10.7. The topological polar surface area (TPSA) is 76.2 Å². The third-order valence-electron chi connectivity index (χ3n) is 3.44. The Balaban J connectivity index is 0.000000597. The van der Waals surface area contributed by atoms with Crippen molar-refractivity contribution in [2.75, 3.05) is 49.9 Å². The molecule has 1 aliphatic rings. The van der Waals surface area contributed by atoms with Crippen LogP contribution in [0.5, 0.6) is 0 Å². The molecule has 2 rings (SSSR count). The van der Waals surface area contributed by atoms with Gasteiger partial charge in [-0.3, -0.25) is 4.90 Å². The van der Waals surface area contributed by atoms with Crippen molar-refractivity contribution >= 4 is 37.2 Å². The second-order valence-electron chi connectivity index (χ2n) is 5.81. The summed E-state index contributed by atoms with van der Waals surface area (Å²) in [6.07, 6.45) is 1.09. The maximum absolute atomic E-state index is 14.2. The molecule has 0 spiro atoms. The van der Waals surface area contributed by atoms with Crippen LogP contribution in [0.1, 0.15) is 13.3 Å². The minimum Gasteiger partial charge on any atom is -0.441 e. The molecule has 1 amide bonds. The van der Waals surface area contributed by atoms with Gasteiger partial charge in [0.2, 0.25) is 9.05 Å². The summed E-state index contributed by atoms with van der Waals surface area (Å²) in [4.78, 5) is 15.1. The van der Waals surface area contributed by atoms with Gasteiger partial charge in [0, 0.05) is 31.4 Å². The molecule has 0 N–H and O–H groups in total. The molecule has 10 heteroatoms. The fourth-order valence-electron chi connectivity index (χ4n) is 2.43. The third kappa shape index (κ3) is 7.35. The van der Waals surface area contributed by atoms with Crippen molar-refractivity contribution in [1.29, 1.82) is 0 Å². The fraction of sp³-hybridized carbons (Fsp3) is 0.562. The Hall–Kier alpha value is -1.58. The van der Waals surface area contributed by atoms with Gasteiger partial charge in [-0.05, 0) is 24.6 Å². The van der Waals surface area contributed by atoms with E-state index in [2.05, 4.69) is 10.7 Å². The average molecular weight is 411 g/mol. The number of hydrogen-bond acceptors (Lipinski definition) is 6. The summed E-state index contributed by atoms with van der Waals surface area (Å²) in [7, 11) is 4.71. The normalized spacial score (nSPS) is 16.8. The molecule has 1 heterocycles. The first-order chi connectivity index (χ1) is 12.1. The number of cyclic esters (lactones) is 1. The standard InChI is InChI=1S/C15H21FN2O3.CH3ClO2S/c1-4-7-17(2)14-6-5-11(8-13(14)16)18-9-12(10-20-3)21-15(18)19;1-5(2,3)4/h5-6,8,12H,4,7,9-10H2,1-3H3;1H3/t12-;/m1./s1. The van der Waals surface area contributed by atoms with E-state index in [1.807, 2.05) is 18.9 Å². The van der Waals surface area contributed by atoms with Gasteiger partial charge in [-0.15, -0.1) is 0 Å². The van der Waals surface area contributed by atoms with E-state index in [0.29, 0.717) is 24.5 Å². The molecule has 1 aliphatic heterocycles. The van der Waals surface area contributed by atoms with Crippen LogP contribution in [0.15, 0.2) is 18.2 Å². The van der Waals surface area contributed by atoms with Gasteiger partial charge in [0.25, 0.3) is 0 Å². The summed E-state index contributed by atoms with van der Waals surface area (Å²) in [6, 6.07) is 4.80. The zero-order valence-corrected chi connectivity index (χ0v) is 16.8. The zero-order chi connectivity index (χ0) is 19.9. The highest BCUT2D eigenvalue weighted by atomic mass is 35.7. The smallest absolute Gasteiger partial charge is 0.414 e. The number of nitrogens with zero attached hydrogens (tertiary/aromatic N) is 2. The number of rotatable bonds is 6. The molecule has 0 unspecified atom stereocenters. The third-order valence-corrected chi connectivity index (χ3v) is 3.44. The Labute approximate surface area is 158 Å². The lowest BCUT2D eigenvalue weighted by molar-refractivity contribution is 0.0718. The minimum atomic E-state index is -3.19. The zero-order valence-electron chi connectivity index (χ0n) is 15.2. The molecule has 1 aromatic rings. The van der Waals surface area contributed by atoms with E-state index in [1.54, 1.807) is 19.2 Å². The Morgan fingerprint density at radius 2 is 2.08 bits per heavy atom. The number of halogens is 2. The number of ether oxygens (including phenoxy) is 2. The molecule has 0 bridgehead atoms. The van der Waals surface area contributed by atoms with Crippen molar-refractivity contribution < 1.29 is 27.1 Å². The summed E-state index contributed by atoms with van der Waals surface area (Å²) in [5, 5.41) is 0. The monoisotopic (exact) mass is 410 g/mol. The van der Waals surface area contributed by atoms with Gasteiger partial charge in [-0.25, -0.2) is 17.6 Å². The molecule has 1 fully saturated rings. The van der Waals surface area contributed by atoms with Crippen molar-refractivity contribution in [3.63, 3.8) is 0 Å². The first-order valence-electron chi connectivity index (χ1n) is 7.94. The number of hydrogen-bond donors (Lipinski definition) is 0. The van der Waals surface area contributed by atoms with Crippen LogP contribution in [0.2, 0.25) is 0 Å². The van der Waals surface area contributed by atoms with E-state index in [0.717, 1.165) is 19.2 Å². The lowest BCUT2D eigenvalue weighted by Gasteiger charge is -2.21. The Bertz CT molecular complexity index is 709. The van der Waals surface area contributed by atoms with E-state index in [9.17, 15) is 17.6 Å². The van der Waals surface area contributed by atoms with E-state index in [1.165, 1.54) is 11.0 Å². The van der Waals surface area contributed by atoms with Crippen LogP contribution in [0.25, 0.3) is 0 Å². The van der Waals surface area contributed by atoms with Gasteiger partial charge in [-0.2, -0.15) is 0 Å². The van der Waals surface area contributed by atoms with Crippen LogP contribution in [-0.4, -0.2) is 60.7 Å². The molecule has 0 radical (unpaired) electrons. The van der Waals surface area contributed by atoms with Gasteiger partial charge < -0.3 is 14.4 Å². The molecule has 7 nitrogen and oxygen atoms in total. The van der Waals surface area contributed by atoms with Gasteiger partial charge >= 0.3 is 6.09 Å². The van der Waals surface area contributed by atoms with Gasteiger partial charge in [0.15, 0.2) is 0 Å². The Morgan fingerprint density at radius 1 is 1.46 bits per heavy atom. The molecule has 0 aromatic heterocycles. The van der Waals surface area contributed by atoms with Gasteiger partial charge in [0.05, 0.1) is 30.8 Å². The van der Waals surface area contributed by atoms with Crippen LogP contribution in [0, 0.1) is 5.82 Å². The average Bonchev–Trinajstić information content (AvgIpc) is 2.86. The second-order valence-corrected chi connectivity index (χ2v) is 8.86. The largest absolute Gasteiger partial charge is 0.441 e. The molecule has 0 saturated carbocycles. The molecular weight excluding hydrogens is 387 g/mol. The van der Waals surface area contributed by atoms with Crippen LogP contribution in [0.3, 0.4) is 0 Å². The van der Waals surface area contributed by atoms with Crippen LogP contribution < -0.4 is 9.80 Å². The van der Waals surface area contributed by atoms with Crippen LogP contribution >= 0.6 is 10.7 Å². The first kappa shape index (κ1) is 22.5. The second kappa shape index (κ2) is 9.94. The van der Waals surface area contributed by atoms with Crippen molar-refractivity contribution in [3.05, 3.63) is 24.0 Å². The number of methoxy groups -OCH3 is 1. The Kier molecular flexibility index (Phi) is 8.58.